The van der Waals surface area contributed by atoms with Crippen LogP contribution in [0.25, 0.3) is 0 Å². The fraction of sp³-hybridized carbons (Fsp3) is 0.238. The highest BCUT2D eigenvalue weighted by atomic mass is 35.5. The van der Waals surface area contributed by atoms with Crippen molar-refractivity contribution in [3.63, 3.8) is 0 Å². The van der Waals surface area contributed by atoms with Gasteiger partial charge < -0.3 is 15.1 Å². The quantitative estimate of drug-likeness (QED) is 0.699. The summed E-state index contributed by atoms with van der Waals surface area (Å²) in [5.41, 5.74) is 0.976. The summed E-state index contributed by atoms with van der Waals surface area (Å²) in [6.45, 7) is 2.80. The number of hydrogen-bond acceptors (Lipinski definition) is 6. The molecular formula is C21H21ClN6O. The zero-order valence-electron chi connectivity index (χ0n) is 15.8. The van der Waals surface area contributed by atoms with E-state index in [0.717, 1.165) is 30.3 Å². The Morgan fingerprint density at radius 2 is 1.72 bits per heavy atom. The normalized spacial score (nSPS) is 14.0. The molecule has 0 spiro atoms. The monoisotopic (exact) mass is 408 g/mol. The second kappa shape index (κ2) is 8.87. The van der Waals surface area contributed by atoms with Gasteiger partial charge in [0.2, 0.25) is 5.91 Å². The third kappa shape index (κ3) is 5.00. The maximum Gasteiger partial charge on any atom is 0.227 e. The first-order valence-corrected chi connectivity index (χ1v) is 9.84. The third-order valence-electron chi connectivity index (χ3n) is 4.80. The predicted molar refractivity (Wildman–Crippen MR) is 114 cm³/mol. The van der Waals surface area contributed by atoms with E-state index >= 15 is 0 Å². The largest absolute Gasteiger partial charge is 0.352 e. The first kappa shape index (κ1) is 19.1. The van der Waals surface area contributed by atoms with Crippen molar-refractivity contribution in [1.29, 1.82) is 0 Å². The molecule has 3 aromatic rings. The molecule has 0 atom stereocenters. The molecule has 0 radical (unpaired) electrons. The number of pyridine rings is 1. The van der Waals surface area contributed by atoms with Gasteiger partial charge >= 0.3 is 0 Å². The van der Waals surface area contributed by atoms with Crippen molar-refractivity contribution in [2.24, 2.45) is 0 Å². The average molecular weight is 409 g/mol. The smallest absolute Gasteiger partial charge is 0.227 e. The Hall–Kier alpha value is -3.19. The van der Waals surface area contributed by atoms with E-state index in [1.807, 2.05) is 59.5 Å². The summed E-state index contributed by atoms with van der Waals surface area (Å²) in [7, 11) is 0. The van der Waals surface area contributed by atoms with Crippen molar-refractivity contribution in [3.05, 3.63) is 71.4 Å². The number of benzene rings is 1. The molecule has 1 aliphatic heterocycles. The topological polar surface area (TPSA) is 74.2 Å². The molecule has 4 rings (SSSR count). The van der Waals surface area contributed by atoms with E-state index in [4.69, 9.17) is 11.6 Å². The van der Waals surface area contributed by atoms with E-state index in [1.165, 1.54) is 0 Å². The van der Waals surface area contributed by atoms with Crippen LogP contribution in [-0.2, 0) is 11.2 Å². The van der Waals surface area contributed by atoms with Crippen LogP contribution in [0.5, 0.6) is 0 Å². The number of amides is 1. The Labute approximate surface area is 174 Å². The van der Waals surface area contributed by atoms with E-state index in [1.54, 1.807) is 6.20 Å². The van der Waals surface area contributed by atoms with Crippen molar-refractivity contribution in [1.82, 2.24) is 20.1 Å². The molecule has 1 aliphatic rings. The van der Waals surface area contributed by atoms with Gasteiger partial charge in [0.25, 0.3) is 0 Å². The molecule has 3 heterocycles. The van der Waals surface area contributed by atoms with Gasteiger partial charge in [0, 0.05) is 37.4 Å². The highest BCUT2D eigenvalue weighted by Gasteiger charge is 2.22. The van der Waals surface area contributed by atoms with Gasteiger partial charge in [-0.05, 0) is 42.0 Å². The van der Waals surface area contributed by atoms with Crippen molar-refractivity contribution >= 4 is 35.0 Å². The van der Waals surface area contributed by atoms with Gasteiger partial charge in [0.1, 0.15) is 5.82 Å². The van der Waals surface area contributed by atoms with Crippen LogP contribution in [-0.4, -0.2) is 52.2 Å². The molecule has 0 unspecified atom stereocenters. The second-order valence-corrected chi connectivity index (χ2v) is 7.22. The van der Waals surface area contributed by atoms with Gasteiger partial charge in [-0.25, -0.2) is 4.98 Å². The van der Waals surface area contributed by atoms with Crippen molar-refractivity contribution in [2.45, 2.75) is 6.42 Å². The molecule has 1 saturated heterocycles. The first-order chi connectivity index (χ1) is 14.2. The third-order valence-corrected chi connectivity index (χ3v) is 5.05. The van der Waals surface area contributed by atoms with Crippen LogP contribution < -0.4 is 10.2 Å². The number of anilines is 3. The highest BCUT2D eigenvalue weighted by Crippen LogP contribution is 2.17. The number of carbonyl (C=O) groups is 1. The van der Waals surface area contributed by atoms with E-state index in [0.29, 0.717) is 30.4 Å². The zero-order chi connectivity index (χ0) is 20.1. The number of nitrogens with one attached hydrogen (secondary N) is 1. The van der Waals surface area contributed by atoms with Crippen LogP contribution >= 0.6 is 11.6 Å². The Bertz CT molecular complexity index is 941. The van der Waals surface area contributed by atoms with Crippen LogP contribution in [0, 0.1) is 0 Å². The minimum atomic E-state index is 0.132. The Balaban J connectivity index is 1.30. The highest BCUT2D eigenvalue weighted by molar-refractivity contribution is 6.30. The van der Waals surface area contributed by atoms with E-state index in [2.05, 4.69) is 25.4 Å². The van der Waals surface area contributed by atoms with Crippen molar-refractivity contribution in [3.8, 4) is 0 Å². The van der Waals surface area contributed by atoms with Crippen LogP contribution in [0.2, 0.25) is 5.02 Å². The van der Waals surface area contributed by atoms with Crippen molar-refractivity contribution < 1.29 is 4.79 Å². The zero-order valence-corrected chi connectivity index (χ0v) is 16.6. The molecule has 0 saturated carbocycles. The average Bonchev–Trinajstić information content (AvgIpc) is 2.77. The SMILES string of the molecule is O=C(Cc1ccc(Cl)cc1)N1CCN(c2ccc(Nc3ccccn3)nn2)CC1. The Morgan fingerprint density at radius 3 is 2.38 bits per heavy atom. The van der Waals surface area contributed by atoms with Gasteiger partial charge in [-0.1, -0.05) is 29.8 Å². The first-order valence-electron chi connectivity index (χ1n) is 9.46. The number of nitrogens with zero attached hydrogens (tertiary/aromatic N) is 5. The number of carbonyl (C=O) groups excluding carboxylic acids is 1. The summed E-state index contributed by atoms with van der Waals surface area (Å²) < 4.78 is 0. The molecule has 1 amide bonds. The minimum absolute atomic E-state index is 0.132. The summed E-state index contributed by atoms with van der Waals surface area (Å²) in [5.74, 6) is 2.31. The number of rotatable bonds is 5. The lowest BCUT2D eigenvalue weighted by atomic mass is 10.1. The maximum absolute atomic E-state index is 12.5. The van der Waals surface area contributed by atoms with E-state index < -0.39 is 0 Å². The number of piperazine rings is 1. The number of halogens is 1. The molecule has 2 aromatic heterocycles. The second-order valence-electron chi connectivity index (χ2n) is 6.79. The molecular weight excluding hydrogens is 388 g/mol. The molecule has 148 valence electrons. The maximum atomic E-state index is 12.5. The van der Waals surface area contributed by atoms with Gasteiger partial charge in [0.05, 0.1) is 6.42 Å². The van der Waals surface area contributed by atoms with Crippen LogP contribution in [0.3, 0.4) is 0 Å². The lowest BCUT2D eigenvalue weighted by Gasteiger charge is -2.35. The lowest BCUT2D eigenvalue weighted by molar-refractivity contribution is -0.130. The standard InChI is InChI=1S/C21H21ClN6O/c22-17-6-4-16(5-7-17)15-21(29)28-13-11-27(12-14-28)20-9-8-19(25-26-20)24-18-3-1-2-10-23-18/h1-10H,11-15H2,(H,23,24,25). The fourth-order valence-electron chi connectivity index (χ4n) is 3.20. The molecule has 29 heavy (non-hydrogen) atoms. The Kier molecular flexibility index (Phi) is 5.86. The van der Waals surface area contributed by atoms with Gasteiger partial charge in [-0.3, -0.25) is 4.79 Å². The van der Waals surface area contributed by atoms with Crippen LogP contribution in [0.15, 0.2) is 60.8 Å². The summed E-state index contributed by atoms with van der Waals surface area (Å²) >= 11 is 5.90. The summed E-state index contributed by atoms with van der Waals surface area (Å²) in [4.78, 5) is 20.8. The van der Waals surface area contributed by atoms with Crippen molar-refractivity contribution in [2.75, 3.05) is 36.4 Å². The molecule has 1 aromatic carbocycles. The van der Waals surface area contributed by atoms with Gasteiger partial charge in [0.15, 0.2) is 11.6 Å². The molecule has 1 fully saturated rings. The van der Waals surface area contributed by atoms with Crippen LogP contribution in [0.4, 0.5) is 17.5 Å². The number of hydrogen-bond donors (Lipinski definition) is 1. The van der Waals surface area contributed by atoms with E-state index in [9.17, 15) is 4.79 Å². The summed E-state index contributed by atoms with van der Waals surface area (Å²) in [6.07, 6.45) is 2.11. The number of aromatic nitrogens is 3. The summed E-state index contributed by atoms with van der Waals surface area (Å²) in [6, 6.07) is 16.9. The lowest BCUT2D eigenvalue weighted by Crippen LogP contribution is -2.49. The molecule has 0 aliphatic carbocycles. The molecule has 0 bridgehead atoms. The summed E-state index contributed by atoms with van der Waals surface area (Å²) in [5, 5.41) is 12.3. The Morgan fingerprint density at radius 1 is 0.931 bits per heavy atom. The fourth-order valence-corrected chi connectivity index (χ4v) is 3.33. The van der Waals surface area contributed by atoms with E-state index in [-0.39, 0.29) is 5.91 Å². The molecule has 1 N–H and O–H groups in total. The van der Waals surface area contributed by atoms with Gasteiger partial charge in [-0.2, -0.15) is 0 Å². The molecule has 8 heteroatoms. The predicted octanol–water partition coefficient (Wildman–Crippen LogP) is 3.16. The van der Waals surface area contributed by atoms with Gasteiger partial charge in [-0.15, -0.1) is 10.2 Å². The minimum Gasteiger partial charge on any atom is -0.352 e. The molecule has 7 nitrogen and oxygen atoms in total. The van der Waals surface area contributed by atoms with Crippen LogP contribution in [0.1, 0.15) is 5.56 Å².